The third kappa shape index (κ3) is 4.05. The van der Waals surface area contributed by atoms with Crippen LogP contribution in [0.5, 0.6) is 5.75 Å². The molecule has 0 heterocycles. The van der Waals surface area contributed by atoms with Gasteiger partial charge in [-0.15, -0.1) is 0 Å². The summed E-state index contributed by atoms with van der Waals surface area (Å²) in [6.07, 6.45) is 0. The fraction of sp³-hybridized carbons (Fsp3) is 0.235. The van der Waals surface area contributed by atoms with Gasteiger partial charge < -0.3 is 14.2 Å². The van der Waals surface area contributed by atoms with Crippen molar-refractivity contribution in [1.82, 2.24) is 0 Å². The van der Waals surface area contributed by atoms with Crippen LogP contribution in [0.1, 0.15) is 21.5 Å². The second-order valence-corrected chi connectivity index (χ2v) is 4.67. The van der Waals surface area contributed by atoms with Crippen LogP contribution < -0.4 is 4.74 Å². The maximum atomic E-state index is 13.3. The first-order valence-electron chi connectivity index (χ1n) is 6.71. The topological polar surface area (TPSA) is 44.8 Å². The third-order valence-electron chi connectivity index (χ3n) is 3.07. The lowest BCUT2D eigenvalue weighted by atomic mass is 10.1. The molecule has 0 atom stereocenters. The molecule has 5 heteroatoms. The van der Waals surface area contributed by atoms with E-state index in [9.17, 15) is 9.18 Å². The lowest BCUT2D eigenvalue weighted by Gasteiger charge is -2.10. The first-order chi connectivity index (χ1) is 10.6. The van der Waals surface area contributed by atoms with Crippen LogP contribution in [0.2, 0.25) is 0 Å². The molecule has 0 unspecified atom stereocenters. The summed E-state index contributed by atoms with van der Waals surface area (Å²) in [6.45, 7) is 0.354. The summed E-state index contributed by atoms with van der Waals surface area (Å²) in [6, 6.07) is 11.0. The van der Waals surface area contributed by atoms with E-state index < -0.39 is 11.8 Å². The molecule has 0 amide bonds. The van der Waals surface area contributed by atoms with Crippen LogP contribution in [0.3, 0.4) is 0 Å². The average Bonchev–Trinajstić information content (AvgIpc) is 2.53. The minimum absolute atomic E-state index is 0.0612. The van der Waals surface area contributed by atoms with Crippen molar-refractivity contribution in [1.29, 1.82) is 0 Å². The normalized spacial score (nSPS) is 10.3. The molecule has 4 nitrogen and oxygen atoms in total. The van der Waals surface area contributed by atoms with Crippen LogP contribution in [0.4, 0.5) is 4.39 Å². The molecule has 0 fully saturated rings. The Hall–Kier alpha value is -2.40. The van der Waals surface area contributed by atoms with E-state index >= 15 is 0 Å². The fourth-order valence-corrected chi connectivity index (χ4v) is 2.04. The molecule has 22 heavy (non-hydrogen) atoms. The minimum atomic E-state index is -0.482. The molecule has 2 aromatic rings. The highest BCUT2D eigenvalue weighted by Crippen LogP contribution is 2.20. The van der Waals surface area contributed by atoms with Crippen molar-refractivity contribution in [2.24, 2.45) is 0 Å². The van der Waals surface area contributed by atoms with Gasteiger partial charge in [0.1, 0.15) is 18.2 Å². The number of ether oxygens (including phenoxy) is 3. The van der Waals surface area contributed by atoms with Crippen molar-refractivity contribution in [3.8, 4) is 5.75 Å². The minimum Gasteiger partial charge on any atom is -0.496 e. The van der Waals surface area contributed by atoms with Gasteiger partial charge in [-0.2, -0.15) is 0 Å². The third-order valence-corrected chi connectivity index (χ3v) is 3.07. The predicted octanol–water partition coefficient (Wildman–Crippen LogP) is 3.34. The number of methoxy groups -OCH3 is 2. The molecule has 0 radical (unpaired) electrons. The first kappa shape index (κ1) is 16.0. The van der Waals surface area contributed by atoms with Crippen molar-refractivity contribution in [3.05, 3.63) is 65.0 Å². The number of carbonyl (C=O) groups is 1. The van der Waals surface area contributed by atoms with Gasteiger partial charge in [-0.25, -0.2) is 9.18 Å². The molecule has 0 aliphatic carbocycles. The Balaban J connectivity index is 2.07. The van der Waals surface area contributed by atoms with Gasteiger partial charge in [0, 0.05) is 12.7 Å². The standard InChI is InChI=1S/C17H17FO4/c1-20-10-12-4-3-5-13(8-12)17(19)22-11-14-9-15(18)6-7-16(14)21-2/h3-9H,10-11H2,1-2H3. The zero-order valence-electron chi connectivity index (χ0n) is 12.5. The number of halogens is 1. The number of esters is 1. The van der Waals surface area contributed by atoms with E-state index in [0.29, 0.717) is 23.5 Å². The van der Waals surface area contributed by atoms with Crippen LogP contribution in [0.15, 0.2) is 42.5 Å². The molecule has 0 saturated carbocycles. The second-order valence-electron chi connectivity index (χ2n) is 4.67. The Labute approximate surface area is 128 Å². The Kier molecular flexibility index (Phi) is 5.49. The van der Waals surface area contributed by atoms with Gasteiger partial charge in [0.25, 0.3) is 0 Å². The second kappa shape index (κ2) is 7.56. The van der Waals surface area contributed by atoms with Crippen molar-refractivity contribution >= 4 is 5.97 Å². The number of benzene rings is 2. The largest absolute Gasteiger partial charge is 0.496 e. The lowest BCUT2D eigenvalue weighted by molar-refractivity contribution is 0.0469. The Morgan fingerprint density at radius 2 is 1.91 bits per heavy atom. The van der Waals surface area contributed by atoms with Crippen LogP contribution in [0.25, 0.3) is 0 Å². The highest BCUT2D eigenvalue weighted by Gasteiger charge is 2.11. The molecule has 0 aliphatic rings. The SMILES string of the molecule is COCc1cccc(C(=O)OCc2cc(F)ccc2OC)c1. The van der Waals surface area contributed by atoms with Gasteiger partial charge >= 0.3 is 5.97 Å². The summed E-state index contributed by atoms with van der Waals surface area (Å²) in [5.74, 6) is -0.416. The molecule has 0 aromatic heterocycles. The van der Waals surface area contributed by atoms with Crippen molar-refractivity contribution in [2.75, 3.05) is 14.2 Å². The zero-order chi connectivity index (χ0) is 15.9. The molecule has 2 rings (SSSR count). The van der Waals surface area contributed by atoms with Gasteiger partial charge in [0.05, 0.1) is 19.3 Å². The van der Waals surface area contributed by atoms with Gasteiger partial charge in [-0.05, 0) is 35.9 Å². The lowest BCUT2D eigenvalue weighted by Crippen LogP contribution is -2.07. The highest BCUT2D eigenvalue weighted by atomic mass is 19.1. The monoisotopic (exact) mass is 304 g/mol. The smallest absolute Gasteiger partial charge is 0.338 e. The molecular formula is C17H17FO4. The summed E-state index contributed by atoms with van der Waals surface area (Å²) in [5.41, 5.74) is 1.77. The Morgan fingerprint density at radius 1 is 1.09 bits per heavy atom. The van der Waals surface area contributed by atoms with Crippen molar-refractivity contribution in [3.63, 3.8) is 0 Å². The Bertz CT molecular complexity index is 655. The van der Waals surface area contributed by atoms with Gasteiger partial charge in [0.2, 0.25) is 0 Å². The van der Waals surface area contributed by atoms with E-state index in [1.165, 1.54) is 25.3 Å². The van der Waals surface area contributed by atoms with E-state index in [0.717, 1.165) is 5.56 Å². The predicted molar refractivity (Wildman–Crippen MR) is 79.2 cm³/mol. The molecule has 0 saturated heterocycles. The first-order valence-corrected chi connectivity index (χ1v) is 6.71. The summed E-state index contributed by atoms with van der Waals surface area (Å²) >= 11 is 0. The van der Waals surface area contributed by atoms with E-state index in [1.807, 2.05) is 6.07 Å². The molecule has 116 valence electrons. The summed E-state index contributed by atoms with van der Waals surface area (Å²) in [4.78, 5) is 12.1. The summed E-state index contributed by atoms with van der Waals surface area (Å²) in [5, 5.41) is 0. The molecule has 2 aromatic carbocycles. The maximum absolute atomic E-state index is 13.3. The van der Waals surface area contributed by atoms with E-state index in [2.05, 4.69) is 0 Å². The van der Waals surface area contributed by atoms with Crippen molar-refractivity contribution in [2.45, 2.75) is 13.2 Å². The van der Waals surface area contributed by atoms with Crippen LogP contribution in [-0.2, 0) is 22.7 Å². The maximum Gasteiger partial charge on any atom is 0.338 e. The van der Waals surface area contributed by atoms with Crippen molar-refractivity contribution < 1.29 is 23.4 Å². The number of carbonyl (C=O) groups excluding carboxylic acids is 1. The van der Waals surface area contributed by atoms with E-state index in [-0.39, 0.29) is 6.61 Å². The zero-order valence-corrected chi connectivity index (χ0v) is 12.5. The van der Waals surface area contributed by atoms with Crippen LogP contribution in [0, 0.1) is 5.82 Å². The van der Waals surface area contributed by atoms with Gasteiger partial charge in [-0.1, -0.05) is 12.1 Å². The summed E-state index contributed by atoms with van der Waals surface area (Å²) in [7, 11) is 3.06. The van der Waals surface area contributed by atoms with E-state index in [4.69, 9.17) is 14.2 Å². The van der Waals surface area contributed by atoms with E-state index in [1.54, 1.807) is 25.3 Å². The molecule has 0 bridgehead atoms. The van der Waals surface area contributed by atoms with Gasteiger partial charge in [0.15, 0.2) is 0 Å². The Morgan fingerprint density at radius 3 is 2.64 bits per heavy atom. The molecule has 0 spiro atoms. The molecular weight excluding hydrogens is 287 g/mol. The highest BCUT2D eigenvalue weighted by molar-refractivity contribution is 5.89. The van der Waals surface area contributed by atoms with Gasteiger partial charge in [-0.3, -0.25) is 0 Å². The van der Waals surface area contributed by atoms with Crippen LogP contribution in [-0.4, -0.2) is 20.2 Å². The fourth-order valence-electron chi connectivity index (χ4n) is 2.04. The molecule has 0 aliphatic heterocycles. The van der Waals surface area contributed by atoms with Crippen LogP contribution >= 0.6 is 0 Å². The number of hydrogen-bond donors (Lipinski definition) is 0. The quantitative estimate of drug-likeness (QED) is 0.768. The molecule has 0 N–H and O–H groups in total. The summed E-state index contributed by atoms with van der Waals surface area (Å²) < 4.78 is 28.6. The number of rotatable bonds is 6. The average molecular weight is 304 g/mol. The number of hydrogen-bond acceptors (Lipinski definition) is 4.